The van der Waals surface area contributed by atoms with E-state index in [0.717, 1.165) is 54.8 Å². The lowest BCUT2D eigenvalue weighted by Crippen LogP contribution is -2.44. The van der Waals surface area contributed by atoms with Gasteiger partial charge in [-0.15, -0.1) is 24.0 Å². The summed E-state index contributed by atoms with van der Waals surface area (Å²) in [6.45, 7) is 4.09. The Morgan fingerprint density at radius 2 is 1.84 bits per heavy atom. The van der Waals surface area contributed by atoms with Crippen molar-refractivity contribution in [3.63, 3.8) is 0 Å². The molecular formula is C24H36IN5O2. The first-order valence-electron chi connectivity index (χ1n) is 10.8. The molecular weight excluding hydrogens is 517 g/mol. The van der Waals surface area contributed by atoms with Crippen LogP contribution in [0.3, 0.4) is 0 Å². The lowest BCUT2D eigenvalue weighted by atomic mass is 10.2. The Hall–Kier alpha value is -2.20. The summed E-state index contributed by atoms with van der Waals surface area (Å²) in [6.07, 6.45) is 1.04. The molecule has 1 aliphatic heterocycles. The molecule has 1 atom stereocenters. The topological polar surface area (TPSA) is 61.4 Å². The summed E-state index contributed by atoms with van der Waals surface area (Å²) in [5, 5.41) is 6.99. The van der Waals surface area contributed by atoms with E-state index in [1.165, 1.54) is 0 Å². The zero-order valence-electron chi connectivity index (χ0n) is 19.5. The number of benzene rings is 2. The fraction of sp³-hybridized carbons (Fsp3) is 0.458. The van der Waals surface area contributed by atoms with Crippen LogP contribution in [0.4, 0.5) is 5.69 Å². The highest BCUT2D eigenvalue weighted by atomic mass is 127. The molecule has 2 aromatic rings. The second-order valence-corrected chi connectivity index (χ2v) is 7.93. The molecule has 1 saturated heterocycles. The number of likely N-dealkylation sites (N-methyl/N-ethyl adjacent to an activating group) is 1. The Balaban J connectivity index is 0.00000363. The molecule has 0 amide bonds. The fourth-order valence-electron chi connectivity index (χ4n) is 3.68. The minimum absolute atomic E-state index is 0. The van der Waals surface area contributed by atoms with Crippen molar-refractivity contribution in [2.75, 3.05) is 59.4 Å². The van der Waals surface area contributed by atoms with Gasteiger partial charge in [-0.05, 0) is 38.7 Å². The van der Waals surface area contributed by atoms with Gasteiger partial charge in [-0.1, -0.05) is 30.3 Å². The Labute approximate surface area is 209 Å². The van der Waals surface area contributed by atoms with Crippen LogP contribution in [0.2, 0.25) is 0 Å². The molecule has 0 spiro atoms. The average Bonchev–Trinajstić information content (AvgIpc) is 3.25. The summed E-state index contributed by atoms with van der Waals surface area (Å²) < 4.78 is 11.5. The summed E-state index contributed by atoms with van der Waals surface area (Å²) in [6, 6.07) is 16.6. The molecule has 2 N–H and O–H groups in total. The number of methoxy groups -OCH3 is 1. The monoisotopic (exact) mass is 553 g/mol. The van der Waals surface area contributed by atoms with E-state index in [1.54, 1.807) is 7.11 Å². The smallest absolute Gasteiger partial charge is 0.191 e. The van der Waals surface area contributed by atoms with Crippen molar-refractivity contribution in [1.29, 1.82) is 0 Å². The summed E-state index contributed by atoms with van der Waals surface area (Å²) in [5.41, 5.74) is 2.26. The molecule has 0 aromatic heterocycles. The van der Waals surface area contributed by atoms with E-state index in [4.69, 9.17) is 9.47 Å². The molecule has 1 fully saturated rings. The number of guanidine groups is 1. The molecule has 1 unspecified atom stereocenters. The summed E-state index contributed by atoms with van der Waals surface area (Å²) in [4.78, 5) is 8.89. The summed E-state index contributed by atoms with van der Waals surface area (Å²) in [5.74, 6) is 2.63. The zero-order chi connectivity index (χ0) is 22.1. The Bertz CT molecular complexity index is 862. The minimum Gasteiger partial charge on any atom is -0.495 e. The van der Waals surface area contributed by atoms with Crippen molar-refractivity contribution in [2.45, 2.75) is 19.0 Å². The van der Waals surface area contributed by atoms with Gasteiger partial charge in [0.15, 0.2) is 5.96 Å². The third-order valence-electron chi connectivity index (χ3n) is 5.39. The van der Waals surface area contributed by atoms with Gasteiger partial charge in [-0.3, -0.25) is 4.99 Å². The molecule has 32 heavy (non-hydrogen) atoms. The van der Waals surface area contributed by atoms with Crippen molar-refractivity contribution < 1.29 is 9.47 Å². The number of aliphatic imine (C=N–C) groups is 1. The molecule has 1 aliphatic rings. The normalized spacial score (nSPS) is 16.0. The number of para-hydroxylation sites is 3. The van der Waals surface area contributed by atoms with Crippen LogP contribution >= 0.6 is 24.0 Å². The third-order valence-corrected chi connectivity index (χ3v) is 5.39. The van der Waals surface area contributed by atoms with Crippen LogP contribution in [0.1, 0.15) is 12.0 Å². The SMILES string of the molecule is CN=C(NCc1ccccc1OCCN(C)C)NC1CCN(c2ccccc2OC)C1.I. The molecule has 176 valence electrons. The van der Waals surface area contributed by atoms with Crippen LogP contribution in [0.15, 0.2) is 53.5 Å². The van der Waals surface area contributed by atoms with Crippen molar-refractivity contribution in [1.82, 2.24) is 15.5 Å². The van der Waals surface area contributed by atoms with Crippen LogP contribution in [-0.4, -0.2) is 71.4 Å². The Kier molecular flexibility index (Phi) is 10.9. The summed E-state index contributed by atoms with van der Waals surface area (Å²) in [7, 11) is 7.62. The van der Waals surface area contributed by atoms with E-state index in [-0.39, 0.29) is 24.0 Å². The van der Waals surface area contributed by atoms with Crippen molar-refractivity contribution in [3.8, 4) is 11.5 Å². The molecule has 0 radical (unpaired) electrons. The largest absolute Gasteiger partial charge is 0.495 e. The van der Waals surface area contributed by atoms with Crippen LogP contribution in [0.5, 0.6) is 11.5 Å². The van der Waals surface area contributed by atoms with Crippen molar-refractivity contribution in [2.24, 2.45) is 4.99 Å². The van der Waals surface area contributed by atoms with Crippen LogP contribution in [0.25, 0.3) is 0 Å². The number of ether oxygens (including phenoxy) is 2. The number of nitrogens with one attached hydrogen (secondary N) is 2. The predicted molar refractivity (Wildman–Crippen MR) is 143 cm³/mol. The van der Waals surface area contributed by atoms with Gasteiger partial charge in [0.2, 0.25) is 0 Å². The molecule has 0 saturated carbocycles. The molecule has 0 aliphatic carbocycles. The van der Waals surface area contributed by atoms with Crippen LogP contribution in [-0.2, 0) is 6.54 Å². The predicted octanol–water partition coefficient (Wildman–Crippen LogP) is 3.20. The number of nitrogens with zero attached hydrogens (tertiary/aromatic N) is 3. The van der Waals surface area contributed by atoms with E-state index in [2.05, 4.69) is 43.6 Å². The highest BCUT2D eigenvalue weighted by Gasteiger charge is 2.25. The van der Waals surface area contributed by atoms with Crippen molar-refractivity contribution in [3.05, 3.63) is 54.1 Å². The number of hydrogen-bond donors (Lipinski definition) is 2. The van der Waals surface area contributed by atoms with Crippen molar-refractivity contribution >= 4 is 35.6 Å². The van der Waals surface area contributed by atoms with Gasteiger partial charge in [0.05, 0.1) is 12.8 Å². The van der Waals surface area contributed by atoms with Crippen LogP contribution in [0, 0.1) is 0 Å². The molecule has 1 heterocycles. The lowest BCUT2D eigenvalue weighted by molar-refractivity contribution is 0.259. The molecule has 8 heteroatoms. The number of halogens is 1. The highest BCUT2D eigenvalue weighted by molar-refractivity contribution is 14.0. The number of anilines is 1. The molecule has 2 aromatic carbocycles. The first-order chi connectivity index (χ1) is 15.1. The van der Waals surface area contributed by atoms with Crippen LogP contribution < -0.4 is 25.0 Å². The standard InChI is InChI=1S/C24H35N5O2.HI/c1-25-24(26-17-19-9-5-7-11-22(19)31-16-15-28(2)3)27-20-13-14-29(18-20)21-10-6-8-12-23(21)30-4;/h5-12,20H,13-18H2,1-4H3,(H2,25,26,27);1H. The maximum Gasteiger partial charge on any atom is 0.191 e. The average molecular weight is 553 g/mol. The van der Waals surface area contributed by atoms with E-state index in [0.29, 0.717) is 19.2 Å². The van der Waals surface area contributed by atoms with Gasteiger partial charge < -0.3 is 29.9 Å². The lowest BCUT2D eigenvalue weighted by Gasteiger charge is -2.22. The molecule has 7 nitrogen and oxygen atoms in total. The van der Waals surface area contributed by atoms with Gasteiger partial charge in [-0.2, -0.15) is 0 Å². The Morgan fingerprint density at radius 1 is 1.12 bits per heavy atom. The van der Waals surface area contributed by atoms with Gasteiger partial charge in [0, 0.05) is 44.8 Å². The highest BCUT2D eigenvalue weighted by Crippen LogP contribution is 2.30. The third kappa shape index (κ3) is 7.44. The van der Waals surface area contributed by atoms with Gasteiger partial charge in [0.25, 0.3) is 0 Å². The second-order valence-electron chi connectivity index (χ2n) is 7.93. The molecule has 0 bridgehead atoms. The molecule has 3 rings (SSSR count). The van der Waals surface area contributed by atoms with E-state index >= 15 is 0 Å². The first-order valence-corrected chi connectivity index (χ1v) is 10.8. The number of hydrogen-bond acceptors (Lipinski definition) is 5. The first kappa shape index (κ1) is 26.1. The van der Waals surface area contributed by atoms with E-state index < -0.39 is 0 Å². The zero-order valence-corrected chi connectivity index (χ0v) is 21.8. The van der Waals surface area contributed by atoms with Gasteiger partial charge in [-0.25, -0.2) is 0 Å². The minimum atomic E-state index is 0. The Morgan fingerprint density at radius 3 is 2.56 bits per heavy atom. The quantitative estimate of drug-likeness (QED) is 0.283. The van der Waals surface area contributed by atoms with E-state index in [9.17, 15) is 0 Å². The maximum absolute atomic E-state index is 5.97. The summed E-state index contributed by atoms with van der Waals surface area (Å²) >= 11 is 0. The maximum atomic E-state index is 5.97. The fourth-order valence-corrected chi connectivity index (χ4v) is 3.68. The van der Waals surface area contributed by atoms with Gasteiger partial charge >= 0.3 is 0 Å². The number of rotatable bonds is 9. The van der Waals surface area contributed by atoms with Gasteiger partial charge in [0.1, 0.15) is 18.1 Å². The second kappa shape index (κ2) is 13.4. The van der Waals surface area contributed by atoms with E-state index in [1.807, 2.05) is 51.5 Å².